The molecule has 0 spiro atoms. The largest absolute Gasteiger partial charge is 0.370 e. The Bertz CT molecular complexity index is 579. The molecule has 0 saturated heterocycles. The van der Waals surface area contributed by atoms with E-state index in [4.69, 9.17) is 5.73 Å². The smallest absolute Gasteiger partial charge is 0.188 e. The number of nitrogens with zero attached hydrogens (tertiary/aromatic N) is 1. The minimum atomic E-state index is -3.22. The molecule has 5 nitrogen and oxygen atoms in total. The number of aliphatic imine (C=N–C) groups is 1. The zero-order chi connectivity index (χ0) is 15.8. The van der Waals surface area contributed by atoms with Crippen LogP contribution in [0.15, 0.2) is 40.2 Å². The first-order valence-electron chi connectivity index (χ1n) is 7.92. The van der Waals surface area contributed by atoms with Crippen molar-refractivity contribution in [3.63, 3.8) is 0 Å². The summed E-state index contributed by atoms with van der Waals surface area (Å²) < 4.78 is 24.2. The van der Waals surface area contributed by atoms with Crippen molar-refractivity contribution in [3.05, 3.63) is 30.3 Å². The first-order valence-corrected chi connectivity index (χ1v) is 9.57. The standard InChI is InChI=1S/C16H25N3O2S/c17-16(19-14-8-3-1-4-9-14)18-12-7-13-22(20,21)15-10-5-2-6-11-15/h2,5-6,10-11,14H,1,3-4,7-9,12-13H2,(H3,17,18,19). The summed E-state index contributed by atoms with van der Waals surface area (Å²) >= 11 is 0. The Kier molecular flexibility index (Phi) is 6.24. The maximum absolute atomic E-state index is 12.1. The van der Waals surface area contributed by atoms with Crippen molar-refractivity contribution >= 4 is 15.8 Å². The molecular formula is C16H25N3O2S. The number of nitrogens with one attached hydrogen (secondary N) is 1. The minimum Gasteiger partial charge on any atom is -0.370 e. The van der Waals surface area contributed by atoms with E-state index in [-0.39, 0.29) is 5.75 Å². The number of sulfone groups is 1. The van der Waals surface area contributed by atoms with Crippen LogP contribution in [0.5, 0.6) is 0 Å². The second-order valence-corrected chi connectivity index (χ2v) is 7.84. The van der Waals surface area contributed by atoms with Gasteiger partial charge in [0.1, 0.15) is 0 Å². The Labute approximate surface area is 132 Å². The number of hydrogen-bond acceptors (Lipinski definition) is 3. The molecule has 0 aliphatic heterocycles. The van der Waals surface area contributed by atoms with E-state index in [9.17, 15) is 8.42 Å². The van der Waals surface area contributed by atoms with Crippen molar-refractivity contribution in [2.24, 2.45) is 10.7 Å². The molecule has 0 heterocycles. The molecule has 1 saturated carbocycles. The number of rotatable bonds is 6. The van der Waals surface area contributed by atoms with Gasteiger partial charge in [-0.25, -0.2) is 8.42 Å². The summed E-state index contributed by atoms with van der Waals surface area (Å²) in [6.07, 6.45) is 6.52. The third-order valence-electron chi connectivity index (χ3n) is 3.91. The summed E-state index contributed by atoms with van der Waals surface area (Å²) in [5.41, 5.74) is 5.85. The number of guanidine groups is 1. The summed E-state index contributed by atoms with van der Waals surface area (Å²) in [7, 11) is -3.22. The van der Waals surface area contributed by atoms with Crippen LogP contribution < -0.4 is 11.1 Å². The van der Waals surface area contributed by atoms with Crippen molar-refractivity contribution in [1.82, 2.24) is 5.32 Å². The van der Waals surface area contributed by atoms with Crippen LogP contribution in [0.1, 0.15) is 38.5 Å². The quantitative estimate of drug-likeness (QED) is 0.477. The summed E-state index contributed by atoms with van der Waals surface area (Å²) in [4.78, 5) is 4.60. The van der Waals surface area contributed by atoms with Crippen molar-refractivity contribution in [1.29, 1.82) is 0 Å². The maximum Gasteiger partial charge on any atom is 0.188 e. The molecule has 6 heteroatoms. The van der Waals surface area contributed by atoms with E-state index in [1.165, 1.54) is 19.3 Å². The zero-order valence-corrected chi connectivity index (χ0v) is 13.7. The molecule has 0 unspecified atom stereocenters. The van der Waals surface area contributed by atoms with E-state index in [1.807, 2.05) is 0 Å². The van der Waals surface area contributed by atoms with Gasteiger partial charge in [-0.1, -0.05) is 37.5 Å². The summed E-state index contributed by atoms with van der Waals surface area (Å²) in [6.45, 7) is 0.428. The molecule has 1 aliphatic rings. The second-order valence-electron chi connectivity index (χ2n) is 5.73. The number of benzene rings is 1. The fraction of sp³-hybridized carbons (Fsp3) is 0.562. The second kappa shape index (κ2) is 8.17. The predicted octanol–water partition coefficient (Wildman–Crippen LogP) is 2.09. The molecule has 1 aromatic carbocycles. The molecule has 3 N–H and O–H groups in total. The highest BCUT2D eigenvalue weighted by Gasteiger charge is 2.14. The van der Waals surface area contributed by atoms with E-state index in [0.717, 1.165) is 12.8 Å². The summed E-state index contributed by atoms with van der Waals surface area (Å²) in [5, 5.41) is 3.23. The van der Waals surface area contributed by atoms with Crippen LogP contribution in [0.4, 0.5) is 0 Å². The molecular weight excluding hydrogens is 298 g/mol. The molecule has 0 aromatic heterocycles. The highest BCUT2D eigenvalue weighted by atomic mass is 32.2. The zero-order valence-electron chi connectivity index (χ0n) is 12.9. The minimum absolute atomic E-state index is 0.0945. The van der Waals surface area contributed by atoms with Gasteiger partial charge < -0.3 is 11.1 Å². The van der Waals surface area contributed by atoms with E-state index in [1.54, 1.807) is 30.3 Å². The Balaban J connectivity index is 1.74. The van der Waals surface area contributed by atoms with Crippen LogP contribution >= 0.6 is 0 Å². The van der Waals surface area contributed by atoms with Gasteiger partial charge in [-0.05, 0) is 31.4 Å². The predicted molar refractivity (Wildman–Crippen MR) is 89.6 cm³/mol. The van der Waals surface area contributed by atoms with Crippen molar-refractivity contribution in [2.75, 3.05) is 12.3 Å². The topological polar surface area (TPSA) is 84.5 Å². The molecule has 122 valence electrons. The monoisotopic (exact) mass is 323 g/mol. The van der Waals surface area contributed by atoms with Gasteiger partial charge in [0.25, 0.3) is 0 Å². The lowest BCUT2D eigenvalue weighted by Gasteiger charge is -2.23. The molecule has 1 aromatic rings. The Morgan fingerprint density at radius 3 is 2.55 bits per heavy atom. The molecule has 0 atom stereocenters. The SMILES string of the molecule is NC(=NCCCS(=O)(=O)c1ccccc1)NC1CCCCC1. The van der Waals surface area contributed by atoms with Gasteiger partial charge in [0.15, 0.2) is 15.8 Å². The lowest BCUT2D eigenvalue weighted by Crippen LogP contribution is -2.41. The first-order chi connectivity index (χ1) is 10.6. The Hall–Kier alpha value is -1.56. The van der Waals surface area contributed by atoms with Crippen LogP contribution in [-0.2, 0) is 9.84 Å². The third kappa shape index (κ3) is 5.33. The molecule has 1 aliphatic carbocycles. The molecule has 0 radical (unpaired) electrons. The van der Waals surface area contributed by atoms with Crippen LogP contribution in [0, 0.1) is 0 Å². The van der Waals surface area contributed by atoms with E-state index in [2.05, 4.69) is 10.3 Å². The molecule has 1 fully saturated rings. The summed E-state index contributed by atoms with van der Waals surface area (Å²) in [5.74, 6) is 0.529. The van der Waals surface area contributed by atoms with Crippen molar-refractivity contribution in [3.8, 4) is 0 Å². The fourth-order valence-electron chi connectivity index (χ4n) is 2.70. The van der Waals surface area contributed by atoms with E-state index in [0.29, 0.717) is 29.9 Å². The maximum atomic E-state index is 12.1. The first kappa shape index (κ1) is 16.8. The third-order valence-corrected chi connectivity index (χ3v) is 5.73. The van der Waals surface area contributed by atoms with Gasteiger partial charge in [0.2, 0.25) is 0 Å². The van der Waals surface area contributed by atoms with Crippen LogP contribution in [0.3, 0.4) is 0 Å². The van der Waals surface area contributed by atoms with Gasteiger partial charge in [0, 0.05) is 12.6 Å². The number of nitrogens with two attached hydrogens (primary N) is 1. The lowest BCUT2D eigenvalue weighted by atomic mass is 9.96. The van der Waals surface area contributed by atoms with Gasteiger partial charge in [-0.2, -0.15) is 0 Å². The van der Waals surface area contributed by atoms with Crippen LogP contribution in [-0.4, -0.2) is 32.7 Å². The molecule has 22 heavy (non-hydrogen) atoms. The van der Waals surface area contributed by atoms with Gasteiger partial charge in [-0.15, -0.1) is 0 Å². The summed E-state index contributed by atoms with van der Waals surface area (Å²) in [6, 6.07) is 8.94. The number of hydrogen-bond donors (Lipinski definition) is 2. The van der Waals surface area contributed by atoms with Crippen LogP contribution in [0.2, 0.25) is 0 Å². The van der Waals surface area contributed by atoms with Crippen molar-refractivity contribution in [2.45, 2.75) is 49.5 Å². The van der Waals surface area contributed by atoms with E-state index >= 15 is 0 Å². The molecule has 0 bridgehead atoms. The van der Waals surface area contributed by atoms with Gasteiger partial charge in [0.05, 0.1) is 10.6 Å². The van der Waals surface area contributed by atoms with Crippen LogP contribution in [0.25, 0.3) is 0 Å². The van der Waals surface area contributed by atoms with Crippen molar-refractivity contribution < 1.29 is 8.42 Å². The van der Waals surface area contributed by atoms with Gasteiger partial charge in [-0.3, -0.25) is 4.99 Å². The average molecular weight is 323 g/mol. The highest BCUT2D eigenvalue weighted by Crippen LogP contribution is 2.17. The normalized spacial score (nSPS) is 17.4. The average Bonchev–Trinajstić information content (AvgIpc) is 2.53. The van der Waals surface area contributed by atoms with Gasteiger partial charge >= 0.3 is 0 Å². The lowest BCUT2D eigenvalue weighted by molar-refractivity contribution is 0.412. The highest BCUT2D eigenvalue weighted by molar-refractivity contribution is 7.91. The molecule has 0 amide bonds. The fourth-order valence-corrected chi connectivity index (χ4v) is 4.02. The Morgan fingerprint density at radius 1 is 1.18 bits per heavy atom. The Morgan fingerprint density at radius 2 is 1.86 bits per heavy atom. The molecule has 2 rings (SSSR count). The van der Waals surface area contributed by atoms with E-state index < -0.39 is 9.84 Å².